The summed E-state index contributed by atoms with van der Waals surface area (Å²) in [4.78, 5) is 15.5. The minimum atomic E-state index is -0.920. The highest BCUT2D eigenvalue weighted by molar-refractivity contribution is 14.1. The van der Waals surface area contributed by atoms with Crippen LogP contribution in [-0.4, -0.2) is 20.6 Å². The van der Waals surface area contributed by atoms with Crippen molar-refractivity contribution in [1.29, 1.82) is 0 Å². The number of benzene rings is 1. The second-order valence-electron chi connectivity index (χ2n) is 4.05. The van der Waals surface area contributed by atoms with Crippen molar-refractivity contribution in [3.05, 3.63) is 58.1 Å². The van der Waals surface area contributed by atoms with Crippen LogP contribution in [0.2, 0.25) is 0 Å². The molecule has 0 saturated heterocycles. The fraction of sp³-hybridized carbons (Fsp3) is 0. The van der Waals surface area contributed by atoms with Crippen molar-refractivity contribution < 1.29 is 9.90 Å². The number of aromatic nitrogens is 2. The summed E-state index contributed by atoms with van der Waals surface area (Å²) in [6.45, 7) is 0. The normalized spacial score (nSPS) is 10.2. The quantitative estimate of drug-likeness (QED) is 0.667. The lowest BCUT2D eigenvalue weighted by Gasteiger charge is -2.08. The molecule has 1 aromatic carbocycles. The van der Waals surface area contributed by atoms with Crippen molar-refractivity contribution in [2.45, 2.75) is 0 Å². The number of hydrogen-bond donors (Lipinski definition) is 1. The molecule has 2 heterocycles. The van der Waals surface area contributed by atoms with Gasteiger partial charge in [-0.25, -0.2) is 4.79 Å². The molecule has 3 rings (SSSR count). The first kappa shape index (κ1) is 14.8. The van der Waals surface area contributed by atoms with E-state index in [0.717, 1.165) is 16.6 Å². The summed E-state index contributed by atoms with van der Waals surface area (Å²) in [6, 6.07) is 11.3. The summed E-state index contributed by atoms with van der Waals surface area (Å²) >= 11 is 2.04. The van der Waals surface area contributed by atoms with E-state index in [1.165, 1.54) is 0 Å². The lowest BCUT2D eigenvalue weighted by molar-refractivity contribution is 0.0696. The molecule has 3 aromatic rings. The molecule has 20 heavy (non-hydrogen) atoms. The number of pyridine rings is 1. The third-order valence-electron chi connectivity index (χ3n) is 2.93. The summed E-state index contributed by atoms with van der Waals surface area (Å²) in [5.41, 5.74) is 2.04. The van der Waals surface area contributed by atoms with Gasteiger partial charge in [0.2, 0.25) is 0 Å². The standard InChI is InChI=1S/C14H9IN2O2.ClH/c15-13-10(14(18)19)6-8-17(13)11-5-1-3-9-4-2-7-16-12(9)11;/h1-8H,(H,18,19);1H. The van der Waals surface area contributed by atoms with Gasteiger partial charge in [-0.05, 0) is 40.8 Å². The third-order valence-corrected chi connectivity index (χ3v) is 4.03. The van der Waals surface area contributed by atoms with Crippen molar-refractivity contribution in [2.24, 2.45) is 0 Å². The summed E-state index contributed by atoms with van der Waals surface area (Å²) in [5, 5.41) is 10.1. The van der Waals surface area contributed by atoms with Gasteiger partial charge in [-0.2, -0.15) is 0 Å². The Morgan fingerprint density at radius 3 is 2.65 bits per heavy atom. The van der Waals surface area contributed by atoms with E-state index in [2.05, 4.69) is 4.98 Å². The highest BCUT2D eigenvalue weighted by Gasteiger charge is 2.15. The zero-order chi connectivity index (χ0) is 13.4. The first-order valence-corrected chi connectivity index (χ1v) is 6.70. The molecule has 0 fully saturated rings. The topological polar surface area (TPSA) is 55.1 Å². The molecule has 0 radical (unpaired) electrons. The molecule has 0 atom stereocenters. The van der Waals surface area contributed by atoms with Crippen LogP contribution in [0.4, 0.5) is 0 Å². The van der Waals surface area contributed by atoms with Gasteiger partial charge in [-0.15, -0.1) is 12.4 Å². The highest BCUT2D eigenvalue weighted by Crippen LogP contribution is 2.24. The van der Waals surface area contributed by atoms with Crippen LogP contribution in [0.25, 0.3) is 16.6 Å². The Morgan fingerprint density at radius 2 is 1.95 bits per heavy atom. The van der Waals surface area contributed by atoms with E-state index in [0.29, 0.717) is 9.26 Å². The van der Waals surface area contributed by atoms with Crippen molar-refractivity contribution in [3.63, 3.8) is 0 Å². The predicted molar refractivity (Wildman–Crippen MR) is 88.0 cm³/mol. The van der Waals surface area contributed by atoms with Gasteiger partial charge in [0, 0.05) is 17.8 Å². The maximum atomic E-state index is 11.1. The summed E-state index contributed by atoms with van der Waals surface area (Å²) < 4.78 is 2.52. The lowest BCUT2D eigenvalue weighted by Crippen LogP contribution is -2.02. The second-order valence-corrected chi connectivity index (χ2v) is 5.07. The lowest BCUT2D eigenvalue weighted by atomic mass is 10.2. The third kappa shape index (κ3) is 2.38. The zero-order valence-corrected chi connectivity index (χ0v) is 13.1. The molecule has 0 aliphatic rings. The van der Waals surface area contributed by atoms with Crippen LogP contribution in [0.15, 0.2) is 48.8 Å². The van der Waals surface area contributed by atoms with Gasteiger partial charge in [-0.3, -0.25) is 4.98 Å². The van der Waals surface area contributed by atoms with E-state index in [9.17, 15) is 4.79 Å². The van der Waals surface area contributed by atoms with E-state index in [1.807, 2.05) is 57.5 Å². The van der Waals surface area contributed by atoms with Crippen LogP contribution in [0, 0.1) is 3.70 Å². The molecule has 0 saturated carbocycles. The molecule has 0 aliphatic heterocycles. The van der Waals surface area contributed by atoms with Gasteiger partial charge in [0.05, 0.1) is 20.5 Å². The largest absolute Gasteiger partial charge is 0.478 e. The van der Waals surface area contributed by atoms with Crippen LogP contribution < -0.4 is 0 Å². The molecule has 0 unspecified atom stereocenters. The van der Waals surface area contributed by atoms with Crippen molar-refractivity contribution in [1.82, 2.24) is 9.55 Å². The van der Waals surface area contributed by atoms with Crippen molar-refractivity contribution >= 4 is 51.9 Å². The molecule has 0 amide bonds. The molecule has 102 valence electrons. The van der Waals surface area contributed by atoms with Crippen LogP contribution in [0.3, 0.4) is 0 Å². The minimum absolute atomic E-state index is 0. The van der Waals surface area contributed by atoms with Gasteiger partial charge in [0.15, 0.2) is 0 Å². The average Bonchev–Trinajstić information content (AvgIpc) is 2.80. The Labute approximate surface area is 135 Å². The maximum absolute atomic E-state index is 11.1. The molecular weight excluding hydrogens is 391 g/mol. The first-order valence-electron chi connectivity index (χ1n) is 5.63. The van der Waals surface area contributed by atoms with E-state index < -0.39 is 5.97 Å². The summed E-state index contributed by atoms with van der Waals surface area (Å²) in [7, 11) is 0. The van der Waals surface area contributed by atoms with Crippen molar-refractivity contribution in [2.75, 3.05) is 0 Å². The molecule has 0 spiro atoms. The Morgan fingerprint density at radius 1 is 1.20 bits per heavy atom. The number of carboxylic acid groups (broad SMARTS) is 1. The SMILES string of the molecule is Cl.O=C(O)c1ccn(-c2cccc3cccnc23)c1I. The van der Waals surface area contributed by atoms with Gasteiger partial charge >= 0.3 is 5.97 Å². The second kappa shape index (κ2) is 5.80. The van der Waals surface area contributed by atoms with E-state index >= 15 is 0 Å². The van der Waals surface area contributed by atoms with Crippen LogP contribution in [0.1, 0.15) is 10.4 Å². The number of hydrogen-bond acceptors (Lipinski definition) is 2. The number of carboxylic acids is 1. The number of halogens is 2. The number of para-hydroxylation sites is 1. The number of fused-ring (bicyclic) bond motifs is 1. The zero-order valence-electron chi connectivity index (χ0n) is 10.2. The minimum Gasteiger partial charge on any atom is -0.478 e. The molecule has 4 nitrogen and oxygen atoms in total. The Balaban J connectivity index is 0.00000147. The van der Waals surface area contributed by atoms with E-state index in [1.54, 1.807) is 18.5 Å². The van der Waals surface area contributed by atoms with Gasteiger partial charge in [-0.1, -0.05) is 18.2 Å². The number of rotatable bonds is 2. The van der Waals surface area contributed by atoms with E-state index in [4.69, 9.17) is 5.11 Å². The smallest absolute Gasteiger partial charge is 0.338 e. The summed E-state index contributed by atoms with van der Waals surface area (Å²) in [5.74, 6) is -0.920. The van der Waals surface area contributed by atoms with Crippen molar-refractivity contribution in [3.8, 4) is 5.69 Å². The molecule has 0 aliphatic carbocycles. The fourth-order valence-corrected chi connectivity index (χ4v) is 2.87. The first-order chi connectivity index (χ1) is 9.18. The number of aromatic carboxylic acids is 1. The summed E-state index contributed by atoms with van der Waals surface area (Å²) in [6.07, 6.45) is 3.50. The number of nitrogens with zero attached hydrogens (tertiary/aromatic N) is 2. The van der Waals surface area contributed by atoms with Crippen LogP contribution >= 0.6 is 35.0 Å². The maximum Gasteiger partial charge on any atom is 0.338 e. The fourth-order valence-electron chi connectivity index (χ4n) is 2.04. The molecule has 2 aromatic heterocycles. The van der Waals surface area contributed by atoms with Gasteiger partial charge < -0.3 is 9.67 Å². The van der Waals surface area contributed by atoms with Gasteiger partial charge in [0.25, 0.3) is 0 Å². The monoisotopic (exact) mass is 400 g/mol. The molecular formula is C14H10ClIN2O2. The van der Waals surface area contributed by atoms with Gasteiger partial charge in [0.1, 0.15) is 0 Å². The highest BCUT2D eigenvalue weighted by atomic mass is 127. The Kier molecular flexibility index (Phi) is 4.29. The Hall–Kier alpha value is -1.60. The average molecular weight is 401 g/mol. The molecule has 0 bridgehead atoms. The molecule has 6 heteroatoms. The Bertz CT molecular complexity index is 780. The molecule has 1 N–H and O–H groups in total. The number of carbonyl (C=O) groups is 1. The van der Waals surface area contributed by atoms with E-state index in [-0.39, 0.29) is 12.4 Å². The van der Waals surface area contributed by atoms with Crippen LogP contribution in [0.5, 0.6) is 0 Å². The van der Waals surface area contributed by atoms with Crippen LogP contribution in [-0.2, 0) is 0 Å². The predicted octanol–water partition coefficient (Wildman–Crippen LogP) is 3.75.